The quantitative estimate of drug-likeness (QED) is 0.295. The van der Waals surface area contributed by atoms with Crippen LogP contribution < -0.4 is 0 Å². The van der Waals surface area contributed by atoms with Gasteiger partial charge in [-0.3, -0.25) is 4.79 Å². The maximum absolute atomic E-state index is 11.1. The molecule has 1 amide bonds. The number of rotatable bonds is 4. The van der Waals surface area contributed by atoms with Gasteiger partial charge in [0.15, 0.2) is 0 Å². The standard InChI is InChI=1S/C8H18O.C7H17NO2S.C7H15NO.C7H17N.C7H16O.C6H15N/c1-7(2,3)8(4,5)6-9;1-7(2,3)6-8(4)11(5,9)10;1-7(2,3)6(9)8(4)5;1-7(2,3)6-8(4)5;1-6(2,3)7(4,5)8;1-6(2,3)7(4)5/h9H,6H2,1-5H3;6H2,1-5H3;1-5H3;6H2,1-5H3;8H,1-5H3;1-5H3. The Morgan fingerprint density at radius 2 is 0.827 bits per heavy atom. The van der Waals surface area contributed by atoms with E-state index in [0.29, 0.717) is 17.5 Å². The average molecular weight is 771 g/mol. The molecule has 322 valence electrons. The Kier molecular flexibility index (Phi) is 29.1. The molecule has 0 aliphatic carbocycles. The molecule has 0 rings (SSSR count). The van der Waals surface area contributed by atoms with Crippen LogP contribution in [-0.2, 0) is 14.8 Å². The van der Waals surface area contributed by atoms with Crippen molar-refractivity contribution >= 4 is 15.9 Å². The minimum atomic E-state index is -3.00. The van der Waals surface area contributed by atoms with Crippen LogP contribution in [0.15, 0.2) is 0 Å². The summed E-state index contributed by atoms with van der Waals surface area (Å²) < 4.78 is 23.2. The van der Waals surface area contributed by atoms with E-state index in [2.05, 4.69) is 114 Å². The lowest BCUT2D eigenvalue weighted by Gasteiger charge is -2.36. The van der Waals surface area contributed by atoms with Gasteiger partial charge in [-0.05, 0) is 89.9 Å². The van der Waals surface area contributed by atoms with Crippen molar-refractivity contribution in [1.29, 1.82) is 0 Å². The number of sulfonamides is 1. The lowest BCUT2D eigenvalue weighted by Crippen LogP contribution is -2.35. The van der Waals surface area contributed by atoms with E-state index in [-0.39, 0.29) is 39.6 Å². The van der Waals surface area contributed by atoms with Gasteiger partial charge in [-0.1, -0.05) is 118 Å². The average Bonchev–Trinajstić information content (AvgIpc) is 2.79. The number of carbonyl (C=O) groups is 1. The fourth-order valence-electron chi connectivity index (χ4n) is 2.64. The van der Waals surface area contributed by atoms with Gasteiger partial charge in [-0.15, -0.1) is 0 Å². The SMILES string of the molecule is CC(C)(C)C(C)(C)CO.CC(C)(C)C(C)(C)O.CN(C)C(=O)C(C)(C)C.CN(C)C(C)(C)C.CN(C)CC(C)(C)C.CN(CC(C)(C)C)S(C)(=O)=O. The molecule has 0 saturated carbocycles. The molecule has 0 atom stereocenters. The summed E-state index contributed by atoms with van der Waals surface area (Å²) in [5, 5.41) is 18.3. The summed E-state index contributed by atoms with van der Waals surface area (Å²) in [5.74, 6) is 0.169. The molecule has 0 aromatic heterocycles. The topological polar surface area (TPSA) is 105 Å². The molecule has 0 aliphatic heterocycles. The molecule has 0 heterocycles. The highest BCUT2D eigenvalue weighted by atomic mass is 32.2. The summed E-state index contributed by atoms with van der Waals surface area (Å²) in [7, 11) is 10.5. The highest BCUT2D eigenvalue weighted by Gasteiger charge is 2.31. The fraction of sp³-hybridized carbons (Fsp3) is 0.976. The van der Waals surface area contributed by atoms with Crippen molar-refractivity contribution < 1.29 is 23.4 Å². The summed E-state index contributed by atoms with van der Waals surface area (Å²) in [6.07, 6.45) is 1.22. The molecule has 0 aromatic carbocycles. The summed E-state index contributed by atoms with van der Waals surface area (Å²) in [5.41, 5.74) is 0.236. The molecule has 0 bridgehead atoms. The van der Waals surface area contributed by atoms with E-state index >= 15 is 0 Å². The normalized spacial score (nSPS) is 13.2. The zero-order valence-electron chi connectivity index (χ0n) is 40.9. The molecular formula is C42H98N4O5S. The van der Waals surface area contributed by atoms with E-state index in [1.54, 1.807) is 26.0 Å². The minimum absolute atomic E-state index is 0.00694. The van der Waals surface area contributed by atoms with Crippen LogP contribution in [0.3, 0.4) is 0 Å². The number of aliphatic hydroxyl groups is 2. The van der Waals surface area contributed by atoms with Gasteiger partial charge in [0.2, 0.25) is 15.9 Å². The van der Waals surface area contributed by atoms with Crippen LogP contribution in [0.25, 0.3) is 0 Å². The first-order valence-electron chi connectivity index (χ1n) is 18.7. The monoisotopic (exact) mass is 771 g/mol. The van der Waals surface area contributed by atoms with Gasteiger partial charge in [-0.2, -0.15) is 0 Å². The Hall–Kier alpha value is -0.780. The Morgan fingerprint density at radius 3 is 0.846 bits per heavy atom. The van der Waals surface area contributed by atoms with Gasteiger partial charge in [0.1, 0.15) is 0 Å². The van der Waals surface area contributed by atoms with Crippen molar-refractivity contribution in [2.45, 2.75) is 163 Å². The van der Waals surface area contributed by atoms with Gasteiger partial charge in [0, 0.05) is 51.8 Å². The zero-order chi connectivity index (χ0) is 44.5. The number of amides is 1. The lowest BCUT2D eigenvalue weighted by atomic mass is 9.70. The van der Waals surface area contributed by atoms with Crippen molar-refractivity contribution in [3.8, 4) is 0 Å². The van der Waals surface area contributed by atoms with Crippen molar-refractivity contribution in [1.82, 2.24) is 19.0 Å². The summed E-state index contributed by atoms with van der Waals surface area (Å²) >= 11 is 0. The molecule has 52 heavy (non-hydrogen) atoms. The van der Waals surface area contributed by atoms with Crippen molar-refractivity contribution in [2.24, 2.45) is 32.5 Å². The first kappa shape index (κ1) is 63.2. The third-order valence-electron chi connectivity index (χ3n) is 8.70. The zero-order valence-corrected chi connectivity index (χ0v) is 41.8. The maximum Gasteiger partial charge on any atom is 0.227 e. The molecule has 0 radical (unpaired) electrons. The van der Waals surface area contributed by atoms with E-state index in [1.807, 2.05) is 76.2 Å². The van der Waals surface area contributed by atoms with Crippen LogP contribution in [-0.4, -0.2) is 130 Å². The van der Waals surface area contributed by atoms with Crippen LogP contribution in [0.1, 0.15) is 152 Å². The van der Waals surface area contributed by atoms with E-state index < -0.39 is 15.6 Å². The summed E-state index contributed by atoms with van der Waals surface area (Å²) in [6, 6.07) is 0. The first-order chi connectivity index (χ1) is 21.9. The summed E-state index contributed by atoms with van der Waals surface area (Å²) in [4.78, 5) is 17.1. The second kappa shape index (κ2) is 24.0. The fourth-order valence-corrected chi connectivity index (χ4v) is 3.26. The van der Waals surface area contributed by atoms with Crippen molar-refractivity contribution in [3.63, 3.8) is 0 Å². The Morgan fingerprint density at radius 1 is 0.558 bits per heavy atom. The third kappa shape index (κ3) is 42.0. The first-order valence-corrected chi connectivity index (χ1v) is 20.5. The van der Waals surface area contributed by atoms with E-state index in [9.17, 15) is 18.3 Å². The number of hydrogen-bond acceptors (Lipinski definition) is 7. The second-order valence-corrected chi connectivity index (χ2v) is 24.6. The number of carbonyl (C=O) groups excluding carboxylic acids is 1. The number of aliphatic hydroxyl groups excluding tert-OH is 1. The van der Waals surface area contributed by atoms with Crippen LogP contribution in [0.2, 0.25) is 0 Å². The molecule has 0 aliphatic rings. The van der Waals surface area contributed by atoms with E-state index in [1.165, 1.54) is 10.6 Å². The molecule has 9 nitrogen and oxygen atoms in total. The predicted molar refractivity (Wildman–Crippen MR) is 233 cm³/mol. The Bertz CT molecular complexity index is 1010. The Labute approximate surface area is 328 Å². The highest BCUT2D eigenvalue weighted by Crippen LogP contribution is 2.36. The molecule has 0 fully saturated rings. The third-order valence-corrected chi connectivity index (χ3v) is 9.97. The van der Waals surface area contributed by atoms with Gasteiger partial charge in [0.25, 0.3) is 0 Å². The molecule has 2 N–H and O–H groups in total. The van der Waals surface area contributed by atoms with Gasteiger partial charge in [0.05, 0.1) is 11.9 Å². The molecule has 0 spiro atoms. The number of hydrogen-bond donors (Lipinski definition) is 2. The van der Waals surface area contributed by atoms with Gasteiger partial charge >= 0.3 is 0 Å². The van der Waals surface area contributed by atoms with Crippen LogP contribution in [0.4, 0.5) is 0 Å². The van der Waals surface area contributed by atoms with Crippen LogP contribution in [0.5, 0.6) is 0 Å². The largest absolute Gasteiger partial charge is 0.396 e. The Balaban J connectivity index is -0.000000123. The molecular weight excluding hydrogens is 673 g/mol. The highest BCUT2D eigenvalue weighted by molar-refractivity contribution is 7.88. The minimum Gasteiger partial charge on any atom is -0.396 e. The molecule has 0 saturated heterocycles. The van der Waals surface area contributed by atoms with Crippen LogP contribution in [0, 0.1) is 32.5 Å². The summed E-state index contributed by atoms with van der Waals surface area (Å²) in [6.45, 7) is 47.3. The van der Waals surface area contributed by atoms with Crippen LogP contribution >= 0.6 is 0 Å². The molecule has 0 aromatic rings. The smallest absolute Gasteiger partial charge is 0.227 e. The lowest BCUT2D eigenvalue weighted by molar-refractivity contribution is -0.136. The molecule has 0 unspecified atom stereocenters. The van der Waals surface area contributed by atoms with E-state index in [0.717, 1.165) is 6.54 Å². The molecule has 10 heteroatoms. The predicted octanol–water partition coefficient (Wildman–Crippen LogP) is 8.84. The van der Waals surface area contributed by atoms with E-state index in [4.69, 9.17) is 5.11 Å². The van der Waals surface area contributed by atoms with Gasteiger partial charge in [-0.25, -0.2) is 12.7 Å². The maximum atomic E-state index is 11.1. The van der Waals surface area contributed by atoms with Crippen molar-refractivity contribution in [3.05, 3.63) is 0 Å². The number of nitrogens with zero attached hydrogens (tertiary/aromatic N) is 4. The van der Waals surface area contributed by atoms with Crippen molar-refractivity contribution in [2.75, 3.05) is 75.3 Å². The second-order valence-electron chi connectivity index (χ2n) is 22.5. The van der Waals surface area contributed by atoms with Gasteiger partial charge < -0.3 is 24.9 Å².